The lowest BCUT2D eigenvalue weighted by Gasteiger charge is -2.61. The average Bonchev–Trinajstić information content (AvgIpc) is 3.06. The molecule has 0 aromatic carbocycles. The van der Waals surface area contributed by atoms with Crippen molar-refractivity contribution in [1.82, 2.24) is 0 Å². The number of aliphatic hydroxyl groups is 1. The molecule has 4 aliphatic rings. The summed E-state index contributed by atoms with van der Waals surface area (Å²) in [7, 11) is 0. The van der Waals surface area contributed by atoms with Crippen LogP contribution in [0.2, 0.25) is 0 Å². The number of fused-ring (bicyclic) bond motifs is 5. The van der Waals surface area contributed by atoms with E-state index in [1.807, 2.05) is 0 Å². The smallest absolute Gasteiger partial charge is 0.0543 e. The molecule has 10 atom stereocenters. The van der Waals surface area contributed by atoms with E-state index in [4.69, 9.17) is 0 Å². The van der Waals surface area contributed by atoms with Crippen LogP contribution in [0.4, 0.5) is 0 Å². The lowest BCUT2D eigenvalue weighted by Crippen LogP contribution is -2.54. The summed E-state index contributed by atoms with van der Waals surface area (Å²) in [6.45, 7) is 14.9. The normalized spacial score (nSPS) is 48.3. The monoisotopic (exact) mass is 414 g/mol. The number of hydrogen-bond acceptors (Lipinski definition) is 1. The highest BCUT2D eigenvalue weighted by atomic mass is 16.3. The first kappa shape index (κ1) is 22.9. The minimum absolute atomic E-state index is 0.0187. The van der Waals surface area contributed by atoms with E-state index < -0.39 is 0 Å². The van der Waals surface area contributed by atoms with Crippen LogP contribution < -0.4 is 0 Å². The van der Waals surface area contributed by atoms with Gasteiger partial charge in [-0.1, -0.05) is 53.7 Å². The van der Waals surface area contributed by atoms with Gasteiger partial charge in [-0.05, 0) is 122 Å². The molecule has 0 aliphatic heterocycles. The zero-order valence-electron chi connectivity index (χ0n) is 20.9. The van der Waals surface area contributed by atoms with E-state index >= 15 is 0 Å². The molecule has 1 N–H and O–H groups in total. The molecule has 1 heteroatoms. The van der Waals surface area contributed by atoms with Crippen molar-refractivity contribution in [3.8, 4) is 0 Å². The Morgan fingerprint density at radius 2 is 1.57 bits per heavy atom. The van der Waals surface area contributed by atoms with E-state index in [9.17, 15) is 5.11 Å². The summed E-state index contributed by atoms with van der Waals surface area (Å²) in [5, 5.41) is 10.3. The topological polar surface area (TPSA) is 20.2 Å². The predicted molar refractivity (Wildman–Crippen MR) is 128 cm³/mol. The third kappa shape index (κ3) is 3.74. The zero-order valence-corrected chi connectivity index (χ0v) is 20.9. The lowest BCUT2D eigenvalue weighted by atomic mass is 9.44. The maximum atomic E-state index is 10.3. The molecule has 1 nitrogen and oxygen atoms in total. The van der Waals surface area contributed by atoms with Gasteiger partial charge in [0.05, 0.1) is 6.10 Å². The Kier molecular flexibility index (Phi) is 6.53. The van der Waals surface area contributed by atoms with E-state index in [1.54, 1.807) is 0 Å². The van der Waals surface area contributed by atoms with Crippen molar-refractivity contribution >= 4 is 0 Å². The SMILES string of the molecule is CCC(/C=C/[C@@H](C)C1CCC2C3CCC4CC(O)CCC4(C)C3CCC21C)C(C)C. The van der Waals surface area contributed by atoms with E-state index in [-0.39, 0.29) is 6.10 Å². The first-order chi connectivity index (χ1) is 14.2. The molecule has 4 fully saturated rings. The Hall–Kier alpha value is -0.300. The standard InChI is InChI=1S/C29H50O/c1-7-21(19(2)3)9-8-20(4)25-12-13-26-24-11-10-22-18-23(30)14-16-28(22,5)27(24)15-17-29(25,26)6/h8-9,19-27,30H,7,10-18H2,1-6H3/b9-8+/t20-,21?,22?,23?,24?,25?,26?,27?,28?,29?/m1/s1. The molecule has 4 rings (SSSR count). The highest BCUT2D eigenvalue weighted by Gasteiger charge is 2.60. The molecule has 0 heterocycles. The van der Waals surface area contributed by atoms with E-state index in [1.165, 1.54) is 51.4 Å². The van der Waals surface area contributed by atoms with E-state index in [2.05, 4.69) is 53.7 Å². The van der Waals surface area contributed by atoms with Gasteiger partial charge in [0.15, 0.2) is 0 Å². The molecule has 4 aliphatic carbocycles. The fraction of sp³-hybridized carbons (Fsp3) is 0.931. The molecule has 4 saturated carbocycles. The van der Waals surface area contributed by atoms with Crippen LogP contribution in [0, 0.1) is 58.2 Å². The van der Waals surface area contributed by atoms with Crippen LogP contribution in [0.25, 0.3) is 0 Å². The summed E-state index contributed by atoms with van der Waals surface area (Å²) in [6, 6.07) is 0. The molecule has 30 heavy (non-hydrogen) atoms. The van der Waals surface area contributed by atoms with Crippen LogP contribution in [0.3, 0.4) is 0 Å². The number of allylic oxidation sites excluding steroid dienone is 2. The minimum Gasteiger partial charge on any atom is -0.393 e. The molecule has 0 bridgehead atoms. The third-order valence-electron chi connectivity index (χ3n) is 11.3. The summed E-state index contributed by atoms with van der Waals surface area (Å²) in [5.74, 6) is 6.72. The van der Waals surface area contributed by atoms with Gasteiger partial charge in [0, 0.05) is 0 Å². The molecule has 172 valence electrons. The molecule has 0 spiro atoms. The first-order valence-electron chi connectivity index (χ1n) is 13.6. The molecular weight excluding hydrogens is 364 g/mol. The van der Waals surface area contributed by atoms with Gasteiger partial charge in [0.25, 0.3) is 0 Å². The van der Waals surface area contributed by atoms with Crippen LogP contribution in [-0.4, -0.2) is 11.2 Å². The van der Waals surface area contributed by atoms with Gasteiger partial charge >= 0.3 is 0 Å². The van der Waals surface area contributed by atoms with E-state index in [0.717, 1.165) is 60.2 Å². The maximum absolute atomic E-state index is 10.3. The van der Waals surface area contributed by atoms with Gasteiger partial charge < -0.3 is 5.11 Å². The van der Waals surface area contributed by atoms with Crippen molar-refractivity contribution in [1.29, 1.82) is 0 Å². The highest BCUT2D eigenvalue weighted by Crippen LogP contribution is 2.68. The summed E-state index contributed by atoms with van der Waals surface area (Å²) < 4.78 is 0. The average molecular weight is 415 g/mol. The molecule has 0 amide bonds. The second-order valence-electron chi connectivity index (χ2n) is 12.9. The fourth-order valence-corrected chi connectivity index (χ4v) is 9.42. The molecule has 0 aromatic heterocycles. The van der Waals surface area contributed by atoms with Gasteiger partial charge in [-0.2, -0.15) is 0 Å². The van der Waals surface area contributed by atoms with Gasteiger partial charge in [0.2, 0.25) is 0 Å². The van der Waals surface area contributed by atoms with Gasteiger partial charge in [-0.3, -0.25) is 0 Å². The second-order valence-corrected chi connectivity index (χ2v) is 12.9. The molecule has 0 radical (unpaired) electrons. The van der Waals surface area contributed by atoms with Crippen molar-refractivity contribution in [2.24, 2.45) is 58.2 Å². The number of hydrogen-bond donors (Lipinski definition) is 1. The Morgan fingerprint density at radius 3 is 2.27 bits per heavy atom. The van der Waals surface area contributed by atoms with Crippen molar-refractivity contribution in [3.05, 3.63) is 12.2 Å². The van der Waals surface area contributed by atoms with Crippen LogP contribution in [-0.2, 0) is 0 Å². The Bertz CT molecular complexity index is 622. The zero-order chi connectivity index (χ0) is 21.7. The van der Waals surface area contributed by atoms with Gasteiger partial charge in [-0.25, -0.2) is 0 Å². The van der Waals surface area contributed by atoms with Crippen molar-refractivity contribution in [3.63, 3.8) is 0 Å². The summed E-state index contributed by atoms with van der Waals surface area (Å²) in [6.07, 6.45) is 18.5. The Labute approximate surface area is 187 Å². The first-order valence-corrected chi connectivity index (χ1v) is 13.6. The van der Waals surface area contributed by atoms with Crippen LogP contribution >= 0.6 is 0 Å². The predicted octanol–water partition coefficient (Wildman–Crippen LogP) is 7.88. The molecule has 0 saturated heterocycles. The maximum Gasteiger partial charge on any atom is 0.0543 e. The van der Waals surface area contributed by atoms with E-state index in [0.29, 0.717) is 10.8 Å². The van der Waals surface area contributed by atoms with Crippen molar-refractivity contribution < 1.29 is 5.11 Å². The van der Waals surface area contributed by atoms with Gasteiger partial charge in [0.1, 0.15) is 0 Å². The van der Waals surface area contributed by atoms with Crippen molar-refractivity contribution in [2.75, 3.05) is 0 Å². The third-order valence-corrected chi connectivity index (χ3v) is 11.3. The number of rotatable bonds is 5. The molecule has 0 aromatic rings. The highest BCUT2D eigenvalue weighted by molar-refractivity contribution is 5.11. The number of aliphatic hydroxyl groups excluding tert-OH is 1. The summed E-state index contributed by atoms with van der Waals surface area (Å²) in [4.78, 5) is 0. The molecule has 9 unspecified atom stereocenters. The van der Waals surface area contributed by atoms with Crippen molar-refractivity contribution in [2.45, 2.75) is 112 Å². The lowest BCUT2D eigenvalue weighted by molar-refractivity contribution is -0.128. The molecular formula is C29H50O. The summed E-state index contributed by atoms with van der Waals surface area (Å²) in [5.41, 5.74) is 1.07. The fourth-order valence-electron chi connectivity index (χ4n) is 9.42. The van der Waals surface area contributed by atoms with Crippen LogP contribution in [0.1, 0.15) is 106 Å². The van der Waals surface area contributed by atoms with Crippen LogP contribution in [0.5, 0.6) is 0 Å². The van der Waals surface area contributed by atoms with Crippen LogP contribution in [0.15, 0.2) is 12.2 Å². The minimum atomic E-state index is -0.0187. The Morgan fingerprint density at radius 1 is 0.867 bits per heavy atom. The van der Waals surface area contributed by atoms with Gasteiger partial charge in [-0.15, -0.1) is 0 Å². The summed E-state index contributed by atoms with van der Waals surface area (Å²) >= 11 is 0. The largest absolute Gasteiger partial charge is 0.393 e. The Balaban J connectivity index is 1.49. The second kappa shape index (κ2) is 8.57. The quantitative estimate of drug-likeness (QED) is 0.454.